The number of guanidine groups is 1. The van der Waals surface area contributed by atoms with Crippen LogP contribution in [0.1, 0.15) is 19.4 Å². The SMILES string of the molecule is CN=C(NCc1cccc(S(N)(=O)=O)c1)NCC(C)(C)N1CCOCC1.I. The number of sulfonamides is 1. The van der Waals surface area contributed by atoms with Crippen LogP contribution in [0.15, 0.2) is 34.2 Å². The number of ether oxygens (including phenoxy) is 1. The van der Waals surface area contributed by atoms with E-state index in [4.69, 9.17) is 9.88 Å². The van der Waals surface area contributed by atoms with Gasteiger partial charge in [0, 0.05) is 38.8 Å². The number of nitrogens with one attached hydrogen (secondary N) is 2. The molecule has 0 bridgehead atoms. The molecule has 0 unspecified atom stereocenters. The molecule has 1 saturated heterocycles. The lowest BCUT2D eigenvalue weighted by molar-refractivity contribution is -0.00834. The first kappa shape index (κ1) is 24.1. The number of primary sulfonamides is 1. The van der Waals surface area contributed by atoms with Crippen molar-refractivity contribution in [2.24, 2.45) is 10.1 Å². The van der Waals surface area contributed by atoms with Gasteiger partial charge in [-0.25, -0.2) is 13.6 Å². The van der Waals surface area contributed by atoms with Crippen molar-refractivity contribution in [3.63, 3.8) is 0 Å². The summed E-state index contributed by atoms with van der Waals surface area (Å²) in [5, 5.41) is 11.7. The van der Waals surface area contributed by atoms with E-state index in [2.05, 4.69) is 34.4 Å². The van der Waals surface area contributed by atoms with E-state index in [0.717, 1.165) is 38.4 Å². The zero-order valence-electron chi connectivity index (χ0n) is 16.1. The van der Waals surface area contributed by atoms with Crippen LogP contribution in [0.5, 0.6) is 0 Å². The highest BCUT2D eigenvalue weighted by molar-refractivity contribution is 14.0. The summed E-state index contributed by atoms with van der Waals surface area (Å²) in [6.07, 6.45) is 0. The van der Waals surface area contributed by atoms with E-state index in [1.165, 1.54) is 6.07 Å². The maximum atomic E-state index is 11.5. The lowest BCUT2D eigenvalue weighted by Gasteiger charge is -2.41. The Morgan fingerprint density at radius 2 is 1.96 bits per heavy atom. The number of morpholine rings is 1. The van der Waals surface area contributed by atoms with Crippen LogP contribution in [0.3, 0.4) is 0 Å². The largest absolute Gasteiger partial charge is 0.379 e. The molecule has 154 valence electrons. The highest BCUT2D eigenvalue weighted by Gasteiger charge is 2.28. The van der Waals surface area contributed by atoms with Crippen LogP contribution in [0, 0.1) is 0 Å². The lowest BCUT2D eigenvalue weighted by atomic mass is 10.0. The van der Waals surface area contributed by atoms with Crippen molar-refractivity contribution >= 4 is 40.0 Å². The van der Waals surface area contributed by atoms with Gasteiger partial charge in [-0.3, -0.25) is 9.89 Å². The Hall–Kier alpha value is -0.950. The van der Waals surface area contributed by atoms with Crippen molar-refractivity contribution in [2.45, 2.75) is 30.8 Å². The third-order valence-corrected chi connectivity index (χ3v) is 5.38. The average Bonchev–Trinajstić information content (AvgIpc) is 2.62. The molecule has 0 aromatic heterocycles. The molecule has 0 aliphatic carbocycles. The minimum atomic E-state index is -3.70. The molecule has 0 saturated carbocycles. The summed E-state index contributed by atoms with van der Waals surface area (Å²) in [5.41, 5.74) is 0.779. The van der Waals surface area contributed by atoms with Crippen LogP contribution in [0.4, 0.5) is 0 Å². The molecule has 1 aliphatic rings. The van der Waals surface area contributed by atoms with Gasteiger partial charge in [0.15, 0.2) is 5.96 Å². The number of nitrogens with two attached hydrogens (primary N) is 1. The molecule has 10 heteroatoms. The summed E-state index contributed by atoms with van der Waals surface area (Å²) in [5.74, 6) is 0.660. The Balaban J connectivity index is 0.00000364. The highest BCUT2D eigenvalue weighted by Crippen LogP contribution is 2.15. The third-order valence-electron chi connectivity index (χ3n) is 4.47. The number of halogens is 1. The molecular weight excluding hydrogens is 481 g/mol. The van der Waals surface area contributed by atoms with Gasteiger partial charge in [0.1, 0.15) is 0 Å². The van der Waals surface area contributed by atoms with E-state index in [9.17, 15) is 8.42 Å². The average molecular weight is 511 g/mol. The molecule has 4 N–H and O–H groups in total. The fourth-order valence-electron chi connectivity index (χ4n) is 2.82. The van der Waals surface area contributed by atoms with Gasteiger partial charge in [0.2, 0.25) is 10.0 Å². The zero-order valence-corrected chi connectivity index (χ0v) is 19.2. The first-order valence-electron chi connectivity index (χ1n) is 8.61. The Kier molecular flexibility index (Phi) is 9.42. The molecule has 1 aliphatic heterocycles. The first-order valence-corrected chi connectivity index (χ1v) is 10.2. The molecule has 8 nitrogen and oxygen atoms in total. The van der Waals surface area contributed by atoms with E-state index in [1.807, 2.05) is 6.07 Å². The van der Waals surface area contributed by atoms with Gasteiger partial charge in [-0.1, -0.05) is 12.1 Å². The monoisotopic (exact) mass is 511 g/mol. The van der Waals surface area contributed by atoms with Gasteiger partial charge >= 0.3 is 0 Å². The second kappa shape index (κ2) is 10.6. The van der Waals surface area contributed by atoms with E-state index in [0.29, 0.717) is 12.5 Å². The Morgan fingerprint density at radius 1 is 1.30 bits per heavy atom. The number of benzene rings is 1. The van der Waals surface area contributed by atoms with Crippen LogP contribution in [0.25, 0.3) is 0 Å². The van der Waals surface area contributed by atoms with E-state index in [1.54, 1.807) is 19.2 Å². The maximum Gasteiger partial charge on any atom is 0.238 e. The zero-order chi connectivity index (χ0) is 19.2. The summed E-state index contributed by atoms with van der Waals surface area (Å²) in [6.45, 7) is 8.91. The normalized spacial score (nSPS) is 16.5. The summed E-state index contributed by atoms with van der Waals surface area (Å²) in [7, 11) is -1.99. The minimum absolute atomic E-state index is 0. The van der Waals surface area contributed by atoms with Gasteiger partial charge in [0.25, 0.3) is 0 Å². The maximum absolute atomic E-state index is 11.5. The molecule has 0 radical (unpaired) electrons. The molecule has 1 aromatic rings. The molecule has 1 aromatic carbocycles. The fourth-order valence-corrected chi connectivity index (χ4v) is 3.40. The topological polar surface area (TPSA) is 109 Å². The second-order valence-electron chi connectivity index (χ2n) is 6.88. The second-order valence-corrected chi connectivity index (χ2v) is 8.45. The molecule has 1 fully saturated rings. The molecular formula is C17H30IN5O3S. The summed E-state index contributed by atoms with van der Waals surface area (Å²) >= 11 is 0. The van der Waals surface area contributed by atoms with Crippen LogP contribution >= 0.6 is 24.0 Å². The Morgan fingerprint density at radius 3 is 2.56 bits per heavy atom. The van der Waals surface area contributed by atoms with E-state index in [-0.39, 0.29) is 34.4 Å². The molecule has 0 atom stereocenters. The Labute approximate surface area is 179 Å². The van der Waals surface area contributed by atoms with Crippen molar-refractivity contribution < 1.29 is 13.2 Å². The number of rotatable bonds is 6. The number of aliphatic imine (C=N–C) groups is 1. The standard InChI is InChI=1S/C17H29N5O3S.HI/c1-17(2,22-7-9-25-10-8-22)13-21-16(19-3)20-12-14-5-4-6-15(11-14)26(18,23)24;/h4-6,11H,7-10,12-13H2,1-3H3,(H2,18,23,24)(H2,19,20,21);1H. The fraction of sp³-hybridized carbons (Fsp3) is 0.588. The third kappa shape index (κ3) is 7.53. The van der Waals surface area contributed by atoms with Crippen LogP contribution in [-0.2, 0) is 21.3 Å². The van der Waals surface area contributed by atoms with Gasteiger partial charge in [-0.15, -0.1) is 24.0 Å². The van der Waals surface area contributed by atoms with Gasteiger partial charge < -0.3 is 15.4 Å². The highest BCUT2D eigenvalue weighted by atomic mass is 127. The first-order chi connectivity index (χ1) is 12.2. The molecule has 2 rings (SSSR count). The van der Waals surface area contributed by atoms with Crippen LogP contribution in [0.2, 0.25) is 0 Å². The summed E-state index contributed by atoms with van der Waals surface area (Å²) < 4.78 is 28.3. The predicted molar refractivity (Wildman–Crippen MR) is 118 cm³/mol. The number of hydrogen-bond acceptors (Lipinski definition) is 5. The van der Waals surface area contributed by atoms with Crippen molar-refractivity contribution in [3.05, 3.63) is 29.8 Å². The summed E-state index contributed by atoms with van der Waals surface area (Å²) in [6, 6.07) is 6.56. The van der Waals surface area contributed by atoms with Crippen molar-refractivity contribution in [3.8, 4) is 0 Å². The smallest absolute Gasteiger partial charge is 0.238 e. The van der Waals surface area contributed by atoms with Crippen LogP contribution < -0.4 is 15.8 Å². The molecule has 0 spiro atoms. The van der Waals surface area contributed by atoms with Gasteiger partial charge in [-0.05, 0) is 31.5 Å². The predicted octanol–water partition coefficient (Wildman–Crippen LogP) is 0.728. The number of nitrogens with zero attached hydrogens (tertiary/aromatic N) is 2. The van der Waals surface area contributed by atoms with Crippen molar-refractivity contribution in [1.82, 2.24) is 15.5 Å². The van der Waals surface area contributed by atoms with E-state index >= 15 is 0 Å². The number of hydrogen-bond donors (Lipinski definition) is 3. The van der Waals surface area contributed by atoms with Gasteiger partial charge in [0.05, 0.1) is 18.1 Å². The Bertz CT molecular complexity index is 734. The molecule has 27 heavy (non-hydrogen) atoms. The van der Waals surface area contributed by atoms with Crippen molar-refractivity contribution in [1.29, 1.82) is 0 Å². The quantitative estimate of drug-likeness (QED) is 0.295. The van der Waals surface area contributed by atoms with Gasteiger partial charge in [-0.2, -0.15) is 0 Å². The van der Waals surface area contributed by atoms with Crippen LogP contribution in [-0.4, -0.2) is 64.7 Å². The minimum Gasteiger partial charge on any atom is -0.379 e. The lowest BCUT2D eigenvalue weighted by Crippen LogP contribution is -2.56. The summed E-state index contributed by atoms with van der Waals surface area (Å²) in [4.78, 5) is 6.73. The van der Waals surface area contributed by atoms with Crippen molar-refractivity contribution in [2.75, 3.05) is 39.9 Å². The van der Waals surface area contributed by atoms with E-state index < -0.39 is 10.0 Å². The molecule has 0 amide bonds. The molecule has 1 heterocycles.